The van der Waals surface area contributed by atoms with E-state index in [9.17, 15) is 38.4 Å². The van der Waals surface area contributed by atoms with E-state index in [-0.39, 0.29) is 53.4 Å². The van der Waals surface area contributed by atoms with Crippen LogP contribution in [0.4, 0.5) is 0 Å². The highest BCUT2D eigenvalue weighted by molar-refractivity contribution is 5.95. The van der Waals surface area contributed by atoms with Gasteiger partial charge in [0.25, 0.3) is 17.7 Å². The number of hydrogen-bond donors (Lipinski definition) is 0. The maximum absolute atomic E-state index is 11.9. The highest BCUT2D eigenvalue weighted by Crippen LogP contribution is 2.61. The average Bonchev–Trinajstić information content (AvgIpc) is 1.38. The monoisotopic (exact) mass is 1700 g/mol. The number of rotatable bonds is 15. The molecule has 0 aromatic rings. The van der Waals surface area contributed by atoms with Crippen molar-refractivity contribution in [1.29, 1.82) is 0 Å². The van der Waals surface area contributed by atoms with Crippen molar-refractivity contribution < 1.29 is 43.1 Å². The molecule has 8 aliphatic carbocycles. The van der Waals surface area contributed by atoms with E-state index in [1.54, 1.807) is 26.0 Å². The third-order valence-corrected chi connectivity index (χ3v) is 33.2. The molecule has 0 radical (unpaired) electrons. The molecule has 1 unspecified atom stereocenters. The number of epoxide rings is 1. The number of allylic oxidation sites excluding steroid dienone is 1. The van der Waals surface area contributed by atoms with Crippen LogP contribution in [0.5, 0.6) is 0 Å². The molecule has 0 bridgehead atoms. The fourth-order valence-electron chi connectivity index (χ4n) is 24.1. The second-order valence-electron chi connectivity index (χ2n) is 46.8. The van der Waals surface area contributed by atoms with Crippen molar-refractivity contribution in [2.24, 2.45) is 138 Å². The van der Waals surface area contributed by atoms with Gasteiger partial charge in [-0.25, -0.2) is 0 Å². The number of carbonyl (C=O) groups is 8. The van der Waals surface area contributed by atoms with E-state index in [1.807, 2.05) is 72.4 Å². The van der Waals surface area contributed by atoms with E-state index in [1.165, 1.54) is 134 Å². The fraction of sp³-hybridized carbons (Fsp3) is 0.790. The van der Waals surface area contributed by atoms with Gasteiger partial charge in [0, 0.05) is 150 Å². The SMILES string of the molecule is C/C=C/C(=O)N1CC2(CC(C(C)C)C2)C1.C=CC(=O)N1CC2(CC(C(C)C)C2)C1.C=CC(=O)N1CC2(CC(C(C)C)C2)C1.C=CC(=O)N1CCC2(CC(C(C)C)C2)C1.CC#CC(=O)N1CC2(CC(C(C)C)C2)C1.CC#CC(=O)N1CCC2(CC(C(C)(C)C)C2)C1.CC(C)C1CC2(C1)CN(C(=O)/C=C/CN(C)C)C2.CC(C)C1CC2(C1)CN(C(=O)C1CO1)C2. The van der Waals surface area contributed by atoms with Crippen LogP contribution in [0.1, 0.15) is 254 Å². The van der Waals surface area contributed by atoms with Crippen molar-refractivity contribution in [3.05, 3.63) is 62.3 Å². The lowest BCUT2D eigenvalue weighted by Gasteiger charge is -2.60. The Labute approximate surface area is 745 Å². The lowest BCUT2D eigenvalue weighted by atomic mass is 9.54. The lowest BCUT2D eigenvalue weighted by Crippen LogP contribution is -2.64. The molecular formula is C105H167N9O9. The van der Waals surface area contributed by atoms with Crippen LogP contribution in [0.15, 0.2) is 62.3 Å². The van der Waals surface area contributed by atoms with Gasteiger partial charge in [0.05, 0.1) is 6.61 Å². The van der Waals surface area contributed by atoms with E-state index in [4.69, 9.17) is 4.74 Å². The zero-order chi connectivity index (χ0) is 90.5. The summed E-state index contributed by atoms with van der Waals surface area (Å²) in [6.07, 6.45) is 34.9. The Bertz CT molecular complexity index is 3820. The summed E-state index contributed by atoms with van der Waals surface area (Å²) in [4.78, 5) is 110. The largest absolute Gasteiger partial charge is 0.363 e. The molecule has 8 amide bonds. The van der Waals surface area contributed by atoms with Gasteiger partial charge < -0.3 is 48.8 Å². The number of likely N-dealkylation sites (tertiary alicyclic amines) is 8. The number of likely N-dealkylation sites (N-methyl/N-ethyl adjacent to an activating group) is 1. The molecule has 17 rings (SSSR count). The summed E-state index contributed by atoms with van der Waals surface area (Å²) in [7, 11) is 4.02. The Morgan fingerprint density at radius 3 is 0.911 bits per heavy atom. The zero-order valence-corrected chi connectivity index (χ0v) is 81.1. The van der Waals surface area contributed by atoms with Crippen LogP contribution in [0.3, 0.4) is 0 Å². The van der Waals surface area contributed by atoms with Crippen LogP contribution in [0.2, 0.25) is 0 Å². The van der Waals surface area contributed by atoms with Crippen LogP contribution in [-0.2, 0) is 43.1 Å². The first kappa shape index (κ1) is 98.7. The van der Waals surface area contributed by atoms with Gasteiger partial charge in [0.15, 0.2) is 6.10 Å². The van der Waals surface area contributed by atoms with E-state index in [0.717, 1.165) is 200 Å². The van der Waals surface area contributed by atoms with E-state index in [2.05, 4.69) is 166 Å². The normalized spacial score (nSPS) is 25.9. The van der Waals surface area contributed by atoms with Crippen LogP contribution in [-0.4, -0.2) is 229 Å². The summed E-state index contributed by atoms with van der Waals surface area (Å²) in [5.41, 5.74) is 4.37. The molecule has 9 aliphatic heterocycles. The topological polar surface area (TPSA) is 178 Å². The predicted octanol–water partition coefficient (Wildman–Crippen LogP) is 16.9. The van der Waals surface area contributed by atoms with Crippen molar-refractivity contribution in [2.75, 3.05) is 132 Å². The molecule has 9 heterocycles. The molecule has 9 saturated heterocycles. The van der Waals surface area contributed by atoms with Gasteiger partial charge in [-0.05, 0) is 292 Å². The molecule has 0 aromatic carbocycles. The first-order valence-electron chi connectivity index (χ1n) is 48.3. The van der Waals surface area contributed by atoms with Crippen LogP contribution in [0, 0.1) is 161 Å². The Balaban J connectivity index is 0.000000147. The summed E-state index contributed by atoms with van der Waals surface area (Å²) in [5, 5.41) is 0. The first-order chi connectivity index (χ1) is 57.7. The van der Waals surface area contributed by atoms with Crippen molar-refractivity contribution in [2.45, 2.75) is 260 Å². The van der Waals surface area contributed by atoms with Crippen LogP contribution in [0.25, 0.3) is 0 Å². The molecule has 0 aromatic heterocycles. The summed E-state index contributed by atoms with van der Waals surface area (Å²) in [5.74, 6) is 24.3. The number of nitrogens with zero attached hydrogens (tertiary/aromatic N) is 9. The lowest BCUT2D eigenvalue weighted by molar-refractivity contribution is -0.158. The van der Waals surface area contributed by atoms with Crippen molar-refractivity contribution in [1.82, 2.24) is 44.1 Å². The molecule has 18 nitrogen and oxygen atoms in total. The van der Waals surface area contributed by atoms with Crippen molar-refractivity contribution >= 4 is 47.3 Å². The highest BCUT2D eigenvalue weighted by Gasteiger charge is 2.60. The minimum atomic E-state index is -0.0803. The minimum absolute atomic E-state index is 0.0103. The second-order valence-corrected chi connectivity index (χ2v) is 46.8. The first-order valence-corrected chi connectivity index (χ1v) is 48.3. The summed E-state index contributed by atoms with van der Waals surface area (Å²) >= 11 is 0. The Morgan fingerprint density at radius 1 is 0.374 bits per heavy atom. The van der Waals surface area contributed by atoms with E-state index < -0.39 is 0 Å². The second kappa shape index (κ2) is 40.0. The number of hydrogen-bond acceptors (Lipinski definition) is 10. The molecule has 0 N–H and O–H groups in total. The van der Waals surface area contributed by atoms with E-state index >= 15 is 0 Å². The maximum Gasteiger partial charge on any atom is 0.298 e. The molecule has 123 heavy (non-hydrogen) atoms. The van der Waals surface area contributed by atoms with Gasteiger partial charge in [-0.3, -0.25) is 38.4 Å². The standard InChI is InChI=1S/C15H26N2O.C15H23NO.2C13H21NO.C13H19NO.C12H19NO2.2C12H19NO/c1-12(2)13-8-15(9-13)10-17(11-15)14(18)6-5-7-16(3)4;1-5-6-13(17)16-8-7-15(11-16)9-12(10-15)14(2,3)4;1-4-12(15)14-6-5-13(9-14)7-11(8-13)10(2)3;2*1-4-5-12(15)14-8-13(9-14)6-11(7-13)10(2)3;1-8(2)9-3-12(4-9)6-13(7-12)11(14)10-5-15-10;2*1-4-11(14)13-7-12(8-13)5-10(6-12)9(2)3/h5-6,12-13H,7-11H2,1-4H3;12H,7-11H2,1-4H3;4,10-11H,1,5-9H2,2-3H3;4-5,10-11H,6-9H2,1-3H3;10-11H,6-9H2,1-3H3;8-10H,3-7H2,1-2H3;2*4,9-10H,1,5-8H2,2-3H3/b6-5+;;;5-4+;;;;. The quantitative estimate of drug-likeness (QED) is 0.0870. The number of amides is 8. The fourth-order valence-corrected chi connectivity index (χ4v) is 24.1. The Hall–Kier alpha value is -6.50. The summed E-state index contributed by atoms with van der Waals surface area (Å²) < 4.78 is 5.02. The maximum atomic E-state index is 11.9. The molecule has 8 spiro atoms. The van der Waals surface area contributed by atoms with Crippen molar-refractivity contribution in [3.8, 4) is 23.7 Å². The average molecular weight is 1700 g/mol. The zero-order valence-electron chi connectivity index (χ0n) is 81.1. The third-order valence-electron chi connectivity index (χ3n) is 33.2. The molecule has 1 atom stereocenters. The highest BCUT2D eigenvalue weighted by atomic mass is 16.6. The van der Waals surface area contributed by atoms with Crippen LogP contribution < -0.4 is 0 Å². The van der Waals surface area contributed by atoms with Gasteiger partial charge in [0.2, 0.25) is 29.5 Å². The summed E-state index contributed by atoms with van der Waals surface area (Å²) in [6, 6.07) is 0. The molecule has 8 saturated carbocycles. The predicted molar refractivity (Wildman–Crippen MR) is 496 cm³/mol. The summed E-state index contributed by atoms with van der Waals surface area (Å²) in [6.45, 7) is 72.1. The van der Waals surface area contributed by atoms with Gasteiger partial charge in [-0.2, -0.15) is 0 Å². The molecule has 686 valence electrons. The smallest absolute Gasteiger partial charge is 0.298 e. The number of ether oxygens (including phenoxy) is 1. The van der Waals surface area contributed by atoms with Gasteiger partial charge >= 0.3 is 0 Å². The molecular weight excluding hydrogens is 1530 g/mol. The van der Waals surface area contributed by atoms with Gasteiger partial charge in [0.1, 0.15) is 0 Å². The van der Waals surface area contributed by atoms with Gasteiger partial charge in [-0.15, -0.1) is 0 Å². The van der Waals surface area contributed by atoms with Crippen LogP contribution >= 0.6 is 0 Å². The molecule has 17 aliphatic rings. The minimum Gasteiger partial charge on any atom is -0.363 e. The molecule has 17 fully saturated rings. The Morgan fingerprint density at radius 2 is 0.626 bits per heavy atom. The Kier molecular flexibility index (Phi) is 32.1. The number of carbonyl (C=O) groups excluding carboxylic acids is 8. The van der Waals surface area contributed by atoms with Gasteiger partial charge in [-0.1, -0.05) is 161 Å². The van der Waals surface area contributed by atoms with Crippen molar-refractivity contribution in [3.63, 3.8) is 0 Å². The van der Waals surface area contributed by atoms with E-state index in [0.29, 0.717) is 55.3 Å². The molecule has 18 heteroatoms. The third kappa shape index (κ3) is 23.9.